The average Bonchev–Trinajstić information content (AvgIpc) is 2.86. The highest BCUT2D eigenvalue weighted by atomic mass is 32.2. The van der Waals surface area contributed by atoms with Crippen LogP contribution in [0.3, 0.4) is 0 Å². The van der Waals surface area contributed by atoms with Crippen LogP contribution in [0.2, 0.25) is 0 Å². The normalized spacial score (nSPS) is 15.2. The highest BCUT2D eigenvalue weighted by Crippen LogP contribution is 2.19. The van der Waals surface area contributed by atoms with Crippen LogP contribution >= 0.6 is 0 Å². The summed E-state index contributed by atoms with van der Waals surface area (Å²) >= 11 is 0. The fraction of sp³-hybridized carbons (Fsp3) is 0.182. The minimum Gasteiger partial charge on any atom is -0.456 e. The van der Waals surface area contributed by atoms with Gasteiger partial charge in [-0.15, -0.1) is 0 Å². The molecule has 0 amide bonds. The van der Waals surface area contributed by atoms with Crippen LogP contribution in [0.1, 0.15) is 16.7 Å². The minimum atomic E-state index is -3.67. The van der Waals surface area contributed by atoms with Crippen LogP contribution in [0.5, 0.6) is 0 Å². The van der Waals surface area contributed by atoms with E-state index in [-0.39, 0.29) is 4.90 Å². The van der Waals surface area contributed by atoms with Crippen molar-refractivity contribution in [1.82, 2.24) is 9.62 Å². The second kappa shape index (κ2) is 6.87. The number of hydrogen-bond acceptors (Lipinski definition) is 4. The molecule has 4 rings (SSSR count). The molecular weight excluding hydrogens is 372 g/mol. The molecule has 1 N–H and O–H groups in total. The highest BCUT2D eigenvalue weighted by Gasteiger charge is 2.19. The first-order valence-electron chi connectivity index (χ1n) is 9.03. The number of likely N-dealkylation sites (N-methyl/N-ethyl adjacent to an activating group) is 1. The van der Waals surface area contributed by atoms with Crippen LogP contribution in [-0.2, 0) is 16.4 Å². The van der Waals surface area contributed by atoms with Crippen LogP contribution < -0.4 is 15.6 Å². The first-order chi connectivity index (χ1) is 13.3. The van der Waals surface area contributed by atoms with Crippen molar-refractivity contribution < 1.29 is 12.8 Å². The zero-order valence-corrected chi connectivity index (χ0v) is 16.9. The van der Waals surface area contributed by atoms with Gasteiger partial charge in [0.15, 0.2) is 0 Å². The lowest BCUT2D eigenvalue weighted by molar-refractivity contribution is 0.480. The topological polar surface area (TPSA) is 62.6 Å². The first kappa shape index (κ1) is 18.4. The van der Waals surface area contributed by atoms with E-state index in [1.807, 2.05) is 45.3 Å². The Morgan fingerprint density at radius 1 is 1.04 bits per heavy atom. The van der Waals surface area contributed by atoms with E-state index in [9.17, 15) is 8.42 Å². The molecule has 1 aromatic carbocycles. The van der Waals surface area contributed by atoms with Crippen LogP contribution in [-0.4, -0.2) is 27.4 Å². The molecule has 2 aliphatic carbocycles. The van der Waals surface area contributed by atoms with Gasteiger partial charge in [-0.2, -0.15) is 0 Å². The molecule has 2 aliphatic rings. The standard InChI is InChI=1S/C22H22N2O3S/c1-15-7-10-18(11-8-15)28(25,26)23-16-5-4-6-21-19(13-16)20-14-17(24(2)3)9-12-22(20)27-21/h4-13,23H,14H2,1-3H3. The Hall–Kier alpha value is -2.99. The number of benzene rings is 1. The Labute approximate surface area is 164 Å². The Morgan fingerprint density at radius 2 is 1.79 bits per heavy atom. The van der Waals surface area contributed by atoms with Gasteiger partial charge in [-0.25, -0.2) is 8.42 Å². The molecule has 2 aromatic rings. The van der Waals surface area contributed by atoms with E-state index in [2.05, 4.69) is 9.62 Å². The van der Waals surface area contributed by atoms with Crippen molar-refractivity contribution >= 4 is 28.3 Å². The maximum absolute atomic E-state index is 12.8. The number of furan rings is 1. The summed E-state index contributed by atoms with van der Waals surface area (Å²) in [7, 11) is 0.351. The molecule has 144 valence electrons. The summed E-state index contributed by atoms with van der Waals surface area (Å²) in [5.41, 5.74) is 6.20. The lowest BCUT2D eigenvalue weighted by atomic mass is 10.0. The number of fused-ring (bicyclic) bond motifs is 3. The number of nitrogens with zero attached hydrogens (tertiary/aromatic N) is 1. The number of rotatable bonds is 4. The quantitative estimate of drug-likeness (QED) is 0.862. The van der Waals surface area contributed by atoms with Crippen molar-refractivity contribution in [3.8, 4) is 0 Å². The minimum absolute atomic E-state index is 0.237. The molecule has 0 saturated heterocycles. The van der Waals surface area contributed by atoms with E-state index in [0.29, 0.717) is 5.70 Å². The SMILES string of the molecule is Cc1ccc(S(=O)(=O)NC2=Cc3c4c(oc3=CC=C2)=CC=C(N(C)C)C4)cc1. The molecule has 1 aromatic heterocycles. The molecule has 5 nitrogen and oxygen atoms in total. The lowest BCUT2D eigenvalue weighted by Crippen LogP contribution is -2.22. The second-order valence-electron chi connectivity index (χ2n) is 7.16. The molecule has 0 fully saturated rings. The van der Waals surface area contributed by atoms with Crippen LogP contribution in [0.15, 0.2) is 63.2 Å². The Bertz CT molecular complexity index is 1240. The highest BCUT2D eigenvalue weighted by molar-refractivity contribution is 7.89. The van der Waals surface area contributed by atoms with E-state index in [4.69, 9.17) is 4.42 Å². The molecule has 0 unspecified atom stereocenters. The Balaban J connectivity index is 1.71. The molecule has 0 atom stereocenters. The number of allylic oxidation sites excluding steroid dienone is 4. The largest absolute Gasteiger partial charge is 0.456 e. The van der Waals surface area contributed by atoms with Crippen molar-refractivity contribution in [3.63, 3.8) is 0 Å². The molecule has 0 aliphatic heterocycles. The van der Waals surface area contributed by atoms with E-state index >= 15 is 0 Å². The molecular formula is C22H22N2O3S. The van der Waals surface area contributed by atoms with Crippen LogP contribution in [0.25, 0.3) is 18.2 Å². The number of nitrogens with one attached hydrogen (secondary N) is 1. The van der Waals surface area contributed by atoms with E-state index in [1.165, 1.54) is 5.70 Å². The van der Waals surface area contributed by atoms with E-state index in [1.54, 1.807) is 36.4 Å². The molecule has 6 heteroatoms. The average molecular weight is 394 g/mol. The van der Waals surface area contributed by atoms with Gasteiger partial charge in [0.1, 0.15) is 10.8 Å². The summed E-state index contributed by atoms with van der Waals surface area (Å²) in [6.45, 7) is 1.92. The summed E-state index contributed by atoms with van der Waals surface area (Å²) < 4.78 is 34.2. The number of sulfonamides is 1. The van der Waals surface area contributed by atoms with Gasteiger partial charge in [0.05, 0.1) is 4.90 Å². The van der Waals surface area contributed by atoms with Crippen molar-refractivity contribution in [1.29, 1.82) is 0 Å². The molecule has 1 heterocycles. The lowest BCUT2D eigenvalue weighted by Gasteiger charge is -2.18. The first-order valence-corrected chi connectivity index (χ1v) is 10.5. The van der Waals surface area contributed by atoms with Crippen LogP contribution in [0.4, 0.5) is 0 Å². The van der Waals surface area contributed by atoms with Crippen LogP contribution in [0, 0.1) is 6.92 Å². The van der Waals surface area contributed by atoms with Crippen molar-refractivity contribution in [2.45, 2.75) is 18.2 Å². The Kier molecular flexibility index (Phi) is 4.51. The summed E-state index contributed by atoms with van der Waals surface area (Å²) in [5, 5.41) is 0. The van der Waals surface area contributed by atoms with Gasteiger partial charge in [-0.1, -0.05) is 23.8 Å². The third kappa shape index (κ3) is 3.43. The summed E-state index contributed by atoms with van der Waals surface area (Å²) in [5.74, 6) is 0. The summed E-state index contributed by atoms with van der Waals surface area (Å²) in [6.07, 6.45) is 12.0. The van der Waals surface area contributed by atoms with Gasteiger partial charge < -0.3 is 9.32 Å². The molecule has 0 saturated carbocycles. The Morgan fingerprint density at radius 3 is 2.50 bits per heavy atom. The van der Waals surface area contributed by atoms with Gasteiger partial charge in [-0.3, -0.25) is 4.72 Å². The summed E-state index contributed by atoms with van der Waals surface area (Å²) in [4.78, 5) is 2.31. The molecule has 28 heavy (non-hydrogen) atoms. The third-order valence-corrected chi connectivity index (χ3v) is 6.27. The maximum atomic E-state index is 12.8. The molecule has 0 spiro atoms. The monoisotopic (exact) mass is 394 g/mol. The van der Waals surface area contributed by atoms with Gasteiger partial charge in [0.2, 0.25) is 0 Å². The number of hydrogen-bond donors (Lipinski definition) is 1. The van der Waals surface area contributed by atoms with Gasteiger partial charge in [-0.05, 0) is 49.4 Å². The molecule has 0 radical (unpaired) electrons. The molecule has 0 bridgehead atoms. The number of aryl methyl sites for hydroxylation is 1. The van der Waals surface area contributed by atoms with Gasteiger partial charge in [0.25, 0.3) is 10.0 Å². The van der Waals surface area contributed by atoms with Crippen molar-refractivity contribution in [3.05, 3.63) is 81.4 Å². The maximum Gasteiger partial charge on any atom is 0.261 e. The van der Waals surface area contributed by atoms with Gasteiger partial charge >= 0.3 is 0 Å². The summed E-state index contributed by atoms with van der Waals surface area (Å²) in [6, 6.07) is 6.79. The van der Waals surface area contributed by atoms with Gasteiger partial charge in [0, 0.05) is 43.0 Å². The van der Waals surface area contributed by atoms with Crippen molar-refractivity contribution in [2.24, 2.45) is 0 Å². The third-order valence-electron chi connectivity index (χ3n) is 4.87. The second-order valence-corrected chi connectivity index (χ2v) is 8.85. The predicted octanol–water partition coefficient (Wildman–Crippen LogP) is 2.04. The zero-order valence-electron chi connectivity index (χ0n) is 16.1. The fourth-order valence-corrected chi connectivity index (χ4v) is 4.32. The predicted molar refractivity (Wildman–Crippen MR) is 111 cm³/mol. The van der Waals surface area contributed by atoms with E-state index < -0.39 is 10.0 Å². The fourth-order valence-electron chi connectivity index (χ4n) is 3.27. The zero-order chi connectivity index (χ0) is 19.9. The van der Waals surface area contributed by atoms with Crippen molar-refractivity contribution in [2.75, 3.05) is 14.1 Å². The van der Waals surface area contributed by atoms with E-state index in [0.717, 1.165) is 33.9 Å². The smallest absolute Gasteiger partial charge is 0.261 e.